The second-order valence-electron chi connectivity index (χ2n) is 3.47. The highest BCUT2D eigenvalue weighted by Gasteiger charge is 2.11. The summed E-state index contributed by atoms with van der Waals surface area (Å²) >= 11 is 11.6. The van der Waals surface area contributed by atoms with E-state index in [9.17, 15) is 0 Å². The summed E-state index contributed by atoms with van der Waals surface area (Å²) in [7, 11) is 0. The van der Waals surface area contributed by atoms with Crippen molar-refractivity contribution in [2.24, 2.45) is 0 Å². The van der Waals surface area contributed by atoms with Gasteiger partial charge in [-0.3, -0.25) is 0 Å². The Morgan fingerprint density at radius 2 is 2.19 bits per heavy atom. The predicted octanol–water partition coefficient (Wildman–Crippen LogP) is 4.08. The normalized spacial score (nSPS) is 10.7. The van der Waals surface area contributed by atoms with Crippen LogP contribution in [0.1, 0.15) is 11.6 Å². The summed E-state index contributed by atoms with van der Waals surface area (Å²) in [5.41, 5.74) is 1.81. The molecule has 2 aromatic rings. The molecule has 2 nitrogen and oxygen atoms in total. The highest BCUT2D eigenvalue weighted by molar-refractivity contribution is 6.30. The molecule has 1 heterocycles. The molecule has 1 aromatic heterocycles. The van der Waals surface area contributed by atoms with E-state index in [2.05, 4.69) is 4.98 Å². The lowest BCUT2D eigenvalue weighted by Gasteiger charge is -1.97. The Hall–Kier alpha value is -0.990. The minimum Gasteiger partial charge on any atom is -0.440 e. The number of aromatic nitrogens is 1. The Kier molecular flexibility index (Phi) is 3.52. The van der Waals surface area contributed by atoms with Crippen LogP contribution in [-0.2, 0) is 6.42 Å². The summed E-state index contributed by atoms with van der Waals surface area (Å²) in [6.07, 6.45) is 0.642. The van der Waals surface area contributed by atoms with Gasteiger partial charge in [0.25, 0.3) is 0 Å². The SMILES string of the molecule is Cc1nc(CCCl)oc1-c1cccc(Cl)c1. The maximum Gasteiger partial charge on any atom is 0.196 e. The molecule has 16 heavy (non-hydrogen) atoms. The number of hydrogen-bond acceptors (Lipinski definition) is 2. The molecule has 0 spiro atoms. The molecule has 1 aromatic carbocycles. The number of oxazole rings is 1. The van der Waals surface area contributed by atoms with Gasteiger partial charge in [0, 0.05) is 22.9 Å². The van der Waals surface area contributed by atoms with E-state index in [1.165, 1.54) is 0 Å². The van der Waals surface area contributed by atoms with E-state index < -0.39 is 0 Å². The second-order valence-corrected chi connectivity index (χ2v) is 4.29. The summed E-state index contributed by atoms with van der Waals surface area (Å²) in [4.78, 5) is 4.31. The molecule has 2 rings (SSSR count). The van der Waals surface area contributed by atoms with Crippen molar-refractivity contribution in [1.29, 1.82) is 0 Å². The van der Waals surface area contributed by atoms with E-state index in [-0.39, 0.29) is 0 Å². The summed E-state index contributed by atoms with van der Waals surface area (Å²) < 4.78 is 5.64. The Morgan fingerprint density at radius 3 is 2.88 bits per heavy atom. The highest BCUT2D eigenvalue weighted by Crippen LogP contribution is 2.26. The smallest absolute Gasteiger partial charge is 0.196 e. The Bertz CT molecular complexity index is 494. The minimum absolute atomic E-state index is 0.509. The number of nitrogens with zero attached hydrogens (tertiary/aromatic N) is 1. The van der Waals surface area contributed by atoms with Crippen LogP contribution < -0.4 is 0 Å². The van der Waals surface area contributed by atoms with Crippen LogP contribution in [0.25, 0.3) is 11.3 Å². The van der Waals surface area contributed by atoms with E-state index >= 15 is 0 Å². The molecule has 0 fully saturated rings. The van der Waals surface area contributed by atoms with E-state index in [0.717, 1.165) is 17.0 Å². The number of aryl methyl sites for hydroxylation is 2. The molecule has 84 valence electrons. The summed E-state index contributed by atoms with van der Waals surface area (Å²) in [5.74, 6) is 1.94. The quantitative estimate of drug-likeness (QED) is 0.773. The molecule has 0 aliphatic carbocycles. The molecule has 0 saturated heterocycles. The number of hydrogen-bond donors (Lipinski definition) is 0. The lowest BCUT2D eigenvalue weighted by Crippen LogP contribution is -1.84. The standard InChI is InChI=1S/C12H11Cl2NO/c1-8-12(16-11(15-8)5-6-13)9-3-2-4-10(14)7-9/h2-4,7H,5-6H2,1H3. The van der Waals surface area contributed by atoms with Gasteiger partial charge in [0.2, 0.25) is 0 Å². The first-order valence-corrected chi connectivity index (χ1v) is 5.90. The molecular weight excluding hydrogens is 245 g/mol. The lowest BCUT2D eigenvalue weighted by atomic mass is 10.1. The third-order valence-electron chi connectivity index (χ3n) is 2.24. The van der Waals surface area contributed by atoms with Crippen molar-refractivity contribution >= 4 is 23.2 Å². The van der Waals surface area contributed by atoms with Crippen molar-refractivity contribution in [3.8, 4) is 11.3 Å². The fourth-order valence-corrected chi connectivity index (χ4v) is 1.89. The third-order valence-corrected chi connectivity index (χ3v) is 2.66. The molecule has 0 unspecified atom stereocenters. The van der Waals surface area contributed by atoms with E-state index in [4.69, 9.17) is 27.6 Å². The largest absolute Gasteiger partial charge is 0.440 e. The van der Waals surface area contributed by atoms with Crippen LogP contribution in [0.3, 0.4) is 0 Å². The fourth-order valence-electron chi connectivity index (χ4n) is 1.54. The number of benzene rings is 1. The molecule has 0 amide bonds. The van der Waals surface area contributed by atoms with Crippen molar-refractivity contribution in [3.05, 3.63) is 40.9 Å². The first-order chi connectivity index (χ1) is 7.70. The Balaban J connectivity index is 2.40. The molecule has 0 saturated carbocycles. The number of halogens is 2. The maximum absolute atomic E-state index is 5.93. The van der Waals surface area contributed by atoms with E-state index in [0.29, 0.717) is 23.2 Å². The third kappa shape index (κ3) is 2.39. The van der Waals surface area contributed by atoms with Gasteiger partial charge < -0.3 is 4.42 Å². The van der Waals surface area contributed by atoms with Crippen LogP contribution in [0.4, 0.5) is 0 Å². The molecule has 0 aliphatic heterocycles. The number of rotatable bonds is 3. The Morgan fingerprint density at radius 1 is 1.38 bits per heavy atom. The predicted molar refractivity (Wildman–Crippen MR) is 66.1 cm³/mol. The first-order valence-electron chi connectivity index (χ1n) is 4.99. The van der Waals surface area contributed by atoms with Crippen molar-refractivity contribution in [2.45, 2.75) is 13.3 Å². The van der Waals surface area contributed by atoms with Crippen molar-refractivity contribution in [2.75, 3.05) is 5.88 Å². The van der Waals surface area contributed by atoms with Gasteiger partial charge >= 0.3 is 0 Å². The van der Waals surface area contributed by atoms with Crippen LogP contribution in [-0.4, -0.2) is 10.9 Å². The average molecular weight is 256 g/mol. The van der Waals surface area contributed by atoms with Gasteiger partial charge in [-0.15, -0.1) is 11.6 Å². The first kappa shape index (κ1) is 11.5. The van der Waals surface area contributed by atoms with Crippen LogP contribution in [0.2, 0.25) is 5.02 Å². The van der Waals surface area contributed by atoms with Crippen LogP contribution in [0, 0.1) is 6.92 Å². The van der Waals surface area contributed by atoms with E-state index in [1.54, 1.807) is 0 Å². The highest BCUT2D eigenvalue weighted by atomic mass is 35.5. The number of alkyl halides is 1. The molecule has 0 bridgehead atoms. The van der Waals surface area contributed by atoms with Crippen molar-refractivity contribution in [3.63, 3.8) is 0 Å². The lowest BCUT2D eigenvalue weighted by molar-refractivity contribution is 0.514. The second kappa shape index (κ2) is 4.89. The maximum atomic E-state index is 5.93. The summed E-state index contributed by atoms with van der Waals surface area (Å²) in [6, 6.07) is 7.53. The van der Waals surface area contributed by atoms with Crippen LogP contribution in [0.15, 0.2) is 28.7 Å². The van der Waals surface area contributed by atoms with Gasteiger partial charge in [-0.25, -0.2) is 4.98 Å². The van der Waals surface area contributed by atoms with Gasteiger partial charge in [0.15, 0.2) is 11.7 Å². The molecule has 0 N–H and O–H groups in total. The molecule has 0 aliphatic rings. The Labute approximate surface area is 104 Å². The zero-order valence-electron chi connectivity index (χ0n) is 8.84. The van der Waals surface area contributed by atoms with Gasteiger partial charge in [-0.1, -0.05) is 23.7 Å². The van der Waals surface area contributed by atoms with Crippen molar-refractivity contribution in [1.82, 2.24) is 4.98 Å². The summed E-state index contributed by atoms with van der Waals surface area (Å²) in [5, 5.41) is 0.687. The summed E-state index contributed by atoms with van der Waals surface area (Å²) in [6.45, 7) is 1.91. The van der Waals surface area contributed by atoms with Gasteiger partial charge in [-0.2, -0.15) is 0 Å². The minimum atomic E-state index is 0.509. The monoisotopic (exact) mass is 255 g/mol. The van der Waals surface area contributed by atoms with Gasteiger partial charge in [-0.05, 0) is 19.1 Å². The zero-order valence-corrected chi connectivity index (χ0v) is 10.3. The van der Waals surface area contributed by atoms with Crippen LogP contribution in [0.5, 0.6) is 0 Å². The molecule has 0 radical (unpaired) electrons. The topological polar surface area (TPSA) is 26.0 Å². The molecular formula is C12H11Cl2NO. The molecule has 4 heteroatoms. The van der Waals surface area contributed by atoms with Gasteiger partial charge in [0.05, 0.1) is 5.69 Å². The van der Waals surface area contributed by atoms with Crippen molar-refractivity contribution < 1.29 is 4.42 Å². The van der Waals surface area contributed by atoms with E-state index in [1.807, 2.05) is 31.2 Å². The van der Waals surface area contributed by atoms with Crippen LogP contribution >= 0.6 is 23.2 Å². The average Bonchev–Trinajstić information content (AvgIpc) is 2.60. The van der Waals surface area contributed by atoms with Gasteiger partial charge in [0.1, 0.15) is 0 Å². The fraction of sp³-hybridized carbons (Fsp3) is 0.250. The zero-order chi connectivity index (χ0) is 11.5. The molecule has 0 atom stereocenters.